The molecule has 1 aliphatic heterocycles. The first-order valence-electron chi connectivity index (χ1n) is 8.82. The summed E-state index contributed by atoms with van der Waals surface area (Å²) in [6.07, 6.45) is 5.82. The molecule has 1 amide bonds. The van der Waals surface area contributed by atoms with Crippen molar-refractivity contribution in [1.82, 2.24) is 0 Å². The summed E-state index contributed by atoms with van der Waals surface area (Å²) in [5.41, 5.74) is 1.35. The van der Waals surface area contributed by atoms with Crippen LogP contribution >= 0.6 is 11.6 Å². The maximum atomic E-state index is 12.6. The van der Waals surface area contributed by atoms with Crippen molar-refractivity contribution in [3.63, 3.8) is 0 Å². The molecule has 0 radical (unpaired) electrons. The van der Waals surface area contributed by atoms with Gasteiger partial charge in [0.1, 0.15) is 6.10 Å². The molecule has 6 nitrogen and oxygen atoms in total. The maximum absolute atomic E-state index is 12.6. The van der Waals surface area contributed by atoms with Crippen LogP contribution in [-0.2, 0) is 23.8 Å². The van der Waals surface area contributed by atoms with Crippen LogP contribution in [0.25, 0.3) is 0 Å². The number of anilines is 1. The highest BCUT2D eigenvalue weighted by Gasteiger charge is 2.38. The molecule has 0 aromatic heterocycles. The van der Waals surface area contributed by atoms with E-state index >= 15 is 0 Å². The number of fused-ring (bicyclic) bond motifs is 1. The Bertz CT molecular complexity index is 776. The summed E-state index contributed by atoms with van der Waals surface area (Å²) in [4.78, 5) is 24.6. The lowest BCUT2D eigenvalue weighted by Crippen LogP contribution is -2.35. The van der Waals surface area contributed by atoms with Gasteiger partial charge >= 0.3 is 5.97 Å². The number of hydrogen-bond acceptors (Lipinski definition) is 5. The molecule has 4 unspecified atom stereocenters. The summed E-state index contributed by atoms with van der Waals surface area (Å²) in [5, 5.41) is 3.37. The Morgan fingerprint density at radius 2 is 2.07 bits per heavy atom. The van der Waals surface area contributed by atoms with Crippen LogP contribution in [0.3, 0.4) is 0 Å². The molecule has 4 atom stereocenters. The number of carbonyl (C=O) groups is 2. The molecule has 3 rings (SSSR count). The maximum Gasteiger partial charge on any atom is 0.308 e. The summed E-state index contributed by atoms with van der Waals surface area (Å²) >= 11 is 6.20. The third-order valence-electron chi connectivity index (χ3n) is 4.59. The lowest BCUT2D eigenvalue weighted by molar-refractivity contribution is -0.153. The molecule has 0 saturated heterocycles. The van der Waals surface area contributed by atoms with Gasteiger partial charge in [-0.15, -0.1) is 0 Å². The van der Waals surface area contributed by atoms with E-state index in [2.05, 4.69) is 5.32 Å². The number of allylic oxidation sites excluding steroid dienone is 2. The smallest absolute Gasteiger partial charge is 0.308 e. The minimum atomic E-state index is -0.975. The van der Waals surface area contributed by atoms with E-state index in [-0.39, 0.29) is 25.0 Å². The first kappa shape index (κ1) is 19.6. The fourth-order valence-electron chi connectivity index (χ4n) is 3.33. The highest BCUT2D eigenvalue weighted by molar-refractivity contribution is 6.30. The highest BCUT2D eigenvalue weighted by Crippen LogP contribution is 2.41. The first-order valence-corrected chi connectivity index (χ1v) is 9.20. The van der Waals surface area contributed by atoms with Crippen LogP contribution in [-0.4, -0.2) is 37.8 Å². The molecule has 1 aliphatic carbocycles. The summed E-state index contributed by atoms with van der Waals surface area (Å²) in [6, 6.07) is 5.21. The number of benzene rings is 1. The van der Waals surface area contributed by atoms with E-state index in [0.29, 0.717) is 10.7 Å². The zero-order chi connectivity index (χ0) is 19.4. The normalized spacial score (nSPS) is 26.9. The van der Waals surface area contributed by atoms with Crippen LogP contribution in [0.1, 0.15) is 25.0 Å². The molecule has 2 aliphatic rings. The predicted molar refractivity (Wildman–Crippen MR) is 102 cm³/mol. The average molecular weight is 392 g/mol. The van der Waals surface area contributed by atoms with Gasteiger partial charge in [0.25, 0.3) is 5.91 Å². The van der Waals surface area contributed by atoms with E-state index in [1.807, 2.05) is 24.3 Å². The molecule has 1 N–H and O–H groups in total. The van der Waals surface area contributed by atoms with Gasteiger partial charge in [-0.3, -0.25) is 9.59 Å². The van der Waals surface area contributed by atoms with Gasteiger partial charge in [-0.1, -0.05) is 35.9 Å². The van der Waals surface area contributed by atoms with E-state index in [0.717, 1.165) is 5.56 Å². The van der Waals surface area contributed by atoms with Crippen molar-refractivity contribution in [2.75, 3.05) is 19.0 Å². The fraction of sp³-hybridized carbons (Fsp3) is 0.400. The van der Waals surface area contributed by atoms with E-state index in [1.165, 1.54) is 0 Å². The number of ether oxygens (including phenoxy) is 3. The molecular formula is C20H22ClNO5. The van der Waals surface area contributed by atoms with Crippen molar-refractivity contribution in [1.29, 1.82) is 0 Å². The highest BCUT2D eigenvalue weighted by atomic mass is 35.5. The molecular weight excluding hydrogens is 370 g/mol. The van der Waals surface area contributed by atoms with Crippen molar-refractivity contribution in [3.8, 4) is 0 Å². The summed E-state index contributed by atoms with van der Waals surface area (Å²) < 4.78 is 16.7. The van der Waals surface area contributed by atoms with Gasteiger partial charge in [0.15, 0.2) is 0 Å². The Hall–Kier alpha value is -2.15. The minimum absolute atomic E-state index is 0.165. The van der Waals surface area contributed by atoms with E-state index < -0.39 is 24.1 Å². The number of amides is 1. The number of rotatable bonds is 5. The van der Waals surface area contributed by atoms with Gasteiger partial charge in [0.05, 0.1) is 25.2 Å². The van der Waals surface area contributed by atoms with E-state index in [9.17, 15) is 9.59 Å². The molecule has 144 valence electrons. The average Bonchev–Trinajstić information content (AvgIpc) is 2.79. The van der Waals surface area contributed by atoms with Crippen molar-refractivity contribution in [2.24, 2.45) is 5.92 Å². The molecule has 1 aromatic rings. The molecule has 1 heterocycles. The second-order valence-electron chi connectivity index (χ2n) is 6.32. The first-order chi connectivity index (χ1) is 13.0. The number of carbonyl (C=O) groups excluding carboxylic acids is 2. The Balaban J connectivity index is 1.97. The Labute approximate surface area is 163 Å². The van der Waals surface area contributed by atoms with Crippen LogP contribution in [0.5, 0.6) is 0 Å². The Morgan fingerprint density at radius 1 is 1.30 bits per heavy atom. The number of hydrogen-bond donors (Lipinski definition) is 1. The second kappa shape index (κ2) is 8.69. The molecule has 7 heteroatoms. The van der Waals surface area contributed by atoms with E-state index in [1.54, 1.807) is 32.2 Å². The monoisotopic (exact) mass is 391 g/mol. The van der Waals surface area contributed by atoms with E-state index in [4.69, 9.17) is 25.8 Å². The van der Waals surface area contributed by atoms with Crippen molar-refractivity contribution >= 4 is 29.2 Å². The predicted octanol–water partition coefficient (Wildman–Crippen LogP) is 3.43. The zero-order valence-corrected chi connectivity index (χ0v) is 15.9. The zero-order valence-electron chi connectivity index (χ0n) is 15.2. The van der Waals surface area contributed by atoms with Crippen LogP contribution in [0.2, 0.25) is 5.02 Å². The quantitative estimate of drug-likeness (QED) is 0.778. The van der Waals surface area contributed by atoms with Gasteiger partial charge in [-0.25, -0.2) is 0 Å². The van der Waals surface area contributed by atoms with Gasteiger partial charge in [0, 0.05) is 29.3 Å². The van der Waals surface area contributed by atoms with Gasteiger partial charge in [-0.05, 0) is 25.1 Å². The number of esters is 1. The summed E-state index contributed by atoms with van der Waals surface area (Å²) in [7, 11) is 1.62. The molecule has 0 saturated carbocycles. The largest absolute Gasteiger partial charge is 0.466 e. The SMILES string of the molecule is CCOC(=O)CC1OC(C2C=CC=CC2OC)c2cc(Cl)ccc2NC1=O. The molecule has 0 fully saturated rings. The third-order valence-corrected chi connectivity index (χ3v) is 4.82. The van der Waals surface area contributed by atoms with Gasteiger partial charge < -0.3 is 19.5 Å². The Kier molecular flexibility index (Phi) is 6.31. The number of halogens is 1. The van der Waals surface area contributed by atoms with Crippen molar-refractivity contribution in [2.45, 2.75) is 31.7 Å². The number of methoxy groups -OCH3 is 1. The van der Waals surface area contributed by atoms with Crippen LogP contribution < -0.4 is 5.32 Å². The van der Waals surface area contributed by atoms with Crippen LogP contribution in [0.15, 0.2) is 42.5 Å². The molecule has 1 aromatic carbocycles. The van der Waals surface area contributed by atoms with Crippen LogP contribution in [0, 0.1) is 5.92 Å². The minimum Gasteiger partial charge on any atom is -0.466 e. The third kappa shape index (κ3) is 4.40. The van der Waals surface area contributed by atoms with Crippen LogP contribution in [0.4, 0.5) is 5.69 Å². The molecule has 27 heavy (non-hydrogen) atoms. The Morgan fingerprint density at radius 3 is 2.81 bits per heavy atom. The lowest BCUT2D eigenvalue weighted by atomic mass is 9.87. The fourth-order valence-corrected chi connectivity index (χ4v) is 3.51. The molecule has 0 spiro atoms. The second-order valence-corrected chi connectivity index (χ2v) is 6.76. The number of nitrogens with one attached hydrogen (secondary N) is 1. The van der Waals surface area contributed by atoms with Crippen molar-refractivity contribution < 1.29 is 23.8 Å². The summed E-state index contributed by atoms with van der Waals surface area (Å²) in [6.45, 7) is 1.96. The lowest BCUT2D eigenvalue weighted by Gasteiger charge is -2.32. The van der Waals surface area contributed by atoms with Gasteiger partial charge in [-0.2, -0.15) is 0 Å². The van der Waals surface area contributed by atoms with Crippen molar-refractivity contribution in [3.05, 3.63) is 53.1 Å². The summed E-state index contributed by atoms with van der Waals surface area (Å²) in [5.74, 6) is -1.06. The topological polar surface area (TPSA) is 73.9 Å². The molecule has 0 bridgehead atoms. The van der Waals surface area contributed by atoms with Gasteiger partial charge in [0.2, 0.25) is 0 Å². The standard InChI is InChI=1S/C20H22ClNO5/c1-3-26-18(23)11-17-20(24)22-15-9-8-12(21)10-14(15)19(27-17)13-6-4-5-7-16(13)25-2/h4-10,13,16-17,19H,3,11H2,1-2H3,(H,22,24).